The lowest BCUT2D eigenvalue weighted by molar-refractivity contribution is -0.178. The van der Waals surface area contributed by atoms with Crippen LogP contribution in [0, 0.1) is 46.3 Å². The molecular formula is C29H41N3O2. The molecule has 0 aliphatic heterocycles. The second-order valence-electron chi connectivity index (χ2n) is 12.7. The van der Waals surface area contributed by atoms with Gasteiger partial charge in [0, 0.05) is 30.0 Å². The van der Waals surface area contributed by atoms with Gasteiger partial charge in [-0.2, -0.15) is 5.10 Å². The summed E-state index contributed by atoms with van der Waals surface area (Å²) in [5.41, 5.74) is 1.33. The van der Waals surface area contributed by atoms with Gasteiger partial charge in [-0.1, -0.05) is 27.2 Å². The largest absolute Gasteiger partial charge is 0.381 e. The first kappa shape index (κ1) is 22.7. The molecule has 0 saturated heterocycles. The van der Waals surface area contributed by atoms with Crippen molar-refractivity contribution < 1.29 is 9.53 Å². The Morgan fingerprint density at radius 3 is 2.79 bits per heavy atom. The molecule has 2 heterocycles. The third kappa shape index (κ3) is 3.18. The lowest BCUT2D eigenvalue weighted by Crippen LogP contribution is -2.59. The van der Waals surface area contributed by atoms with Crippen molar-refractivity contribution in [2.75, 3.05) is 7.11 Å². The maximum atomic E-state index is 13.8. The Hall–Kier alpha value is -1.75. The lowest BCUT2D eigenvalue weighted by atomic mass is 9.43. The smallest absolute Gasteiger partial charge is 0.158 e. The number of methoxy groups -OCH3 is 1. The number of nitrogens with zero attached hydrogens (tertiary/aromatic N) is 3. The maximum absolute atomic E-state index is 13.8. The number of aromatic nitrogens is 3. The van der Waals surface area contributed by atoms with Gasteiger partial charge in [0.15, 0.2) is 5.78 Å². The van der Waals surface area contributed by atoms with Crippen LogP contribution < -0.4 is 0 Å². The van der Waals surface area contributed by atoms with Crippen molar-refractivity contribution in [1.82, 2.24) is 14.8 Å². The van der Waals surface area contributed by atoms with E-state index in [4.69, 9.17) is 4.74 Å². The van der Waals surface area contributed by atoms with Gasteiger partial charge in [0.1, 0.15) is 6.54 Å². The highest BCUT2D eigenvalue weighted by atomic mass is 16.5. The fourth-order valence-corrected chi connectivity index (χ4v) is 9.59. The van der Waals surface area contributed by atoms with Crippen LogP contribution in [0.3, 0.4) is 0 Å². The van der Waals surface area contributed by atoms with Crippen molar-refractivity contribution in [2.24, 2.45) is 46.3 Å². The van der Waals surface area contributed by atoms with Crippen LogP contribution in [0.1, 0.15) is 72.1 Å². The zero-order chi connectivity index (χ0) is 23.7. The van der Waals surface area contributed by atoms with E-state index in [1.807, 2.05) is 30.3 Å². The van der Waals surface area contributed by atoms with E-state index in [-0.39, 0.29) is 17.4 Å². The molecule has 4 aliphatic carbocycles. The van der Waals surface area contributed by atoms with Gasteiger partial charge in [0.2, 0.25) is 0 Å². The highest BCUT2D eigenvalue weighted by Crippen LogP contribution is 2.68. The topological polar surface area (TPSA) is 57.0 Å². The summed E-state index contributed by atoms with van der Waals surface area (Å²) in [6.07, 6.45) is 15.8. The average Bonchev–Trinajstić information content (AvgIpc) is 3.40. The fraction of sp³-hybridized carbons (Fsp3) is 0.759. The van der Waals surface area contributed by atoms with Gasteiger partial charge in [-0.25, -0.2) is 0 Å². The quantitative estimate of drug-likeness (QED) is 0.565. The highest BCUT2D eigenvalue weighted by Gasteiger charge is 2.64. The van der Waals surface area contributed by atoms with Gasteiger partial charge >= 0.3 is 0 Å². The van der Waals surface area contributed by atoms with Crippen molar-refractivity contribution in [2.45, 2.75) is 84.8 Å². The van der Waals surface area contributed by atoms with E-state index in [0.29, 0.717) is 23.7 Å². The SMILES string of the molecule is COC1CC2C(CCC3CC(C)CCC32C)C2CCC(C(=O)Cn3ncc4ccncc43)C12C. The molecule has 4 fully saturated rings. The van der Waals surface area contributed by atoms with E-state index in [1.54, 1.807) is 6.20 Å². The Balaban J connectivity index is 1.28. The summed E-state index contributed by atoms with van der Waals surface area (Å²) < 4.78 is 8.16. The molecule has 4 aliphatic rings. The van der Waals surface area contributed by atoms with Crippen LogP contribution in [0.2, 0.25) is 0 Å². The number of carbonyl (C=O) groups excluding carboxylic acids is 1. The highest BCUT2D eigenvalue weighted by molar-refractivity contribution is 5.85. The molecule has 9 unspecified atom stereocenters. The van der Waals surface area contributed by atoms with Crippen LogP contribution in [-0.2, 0) is 16.1 Å². The van der Waals surface area contributed by atoms with Crippen molar-refractivity contribution in [3.05, 3.63) is 24.7 Å². The van der Waals surface area contributed by atoms with E-state index in [9.17, 15) is 4.79 Å². The van der Waals surface area contributed by atoms with E-state index >= 15 is 0 Å². The van der Waals surface area contributed by atoms with Crippen LogP contribution in [-0.4, -0.2) is 33.8 Å². The van der Waals surface area contributed by atoms with Crippen molar-refractivity contribution in [3.8, 4) is 0 Å². The van der Waals surface area contributed by atoms with Gasteiger partial charge in [-0.05, 0) is 86.0 Å². The predicted octanol–water partition coefficient (Wildman–Crippen LogP) is 5.92. The van der Waals surface area contributed by atoms with E-state index in [2.05, 4.69) is 30.9 Å². The Morgan fingerprint density at radius 2 is 1.97 bits per heavy atom. The third-order valence-corrected chi connectivity index (χ3v) is 11.4. The van der Waals surface area contributed by atoms with Crippen LogP contribution in [0.4, 0.5) is 0 Å². The van der Waals surface area contributed by atoms with Crippen molar-refractivity contribution >= 4 is 16.7 Å². The molecule has 184 valence electrons. The lowest BCUT2D eigenvalue weighted by Gasteiger charge is -2.62. The first-order chi connectivity index (χ1) is 16.4. The number of rotatable bonds is 4. The minimum Gasteiger partial charge on any atom is -0.381 e. The molecule has 0 aromatic carbocycles. The Labute approximate surface area is 204 Å². The number of ketones is 1. The third-order valence-electron chi connectivity index (χ3n) is 11.4. The molecular weight excluding hydrogens is 422 g/mol. The Bertz CT molecular complexity index is 1080. The molecule has 0 spiro atoms. The summed E-state index contributed by atoms with van der Waals surface area (Å²) in [7, 11) is 1.89. The zero-order valence-corrected chi connectivity index (χ0v) is 21.4. The number of ether oxygens (including phenoxy) is 1. The molecule has 0 bridgehead atoms. The summed E-state index contributed by atoms with van der Waals surface area (Å²) in [5.74, 6) is 4.22. The summed E-state index contributed by atoms with van der Waals surface area (Å²) in [6.45, 7) is 7.81. The molecule has 34 heavy (non-hydrogen) atoms. The van der Waals surface area contributed by atoms with Gasteiger partial charge in [-0.3, -0.25) is 14.5 Å². The minimum atomic E-state index is -0.0701. The van der Waals surface area contributed by atoms with E-state index < -0.39 is 0 Å². The Kier molecular flexibility index (Phi) is 5.44. The fourth-order valence-electron chi connectivity index (χ4n) is 9.59. The van der Waals surface area contributed by atoms with Crippen molar-refractivity contribution in [1.29, 1.82) is 0 Å². The first-order valence-corrected chi connectivity index (χ1v) is 13.7. The molecule has 0 N–H and O–H groups in total. The second kappa shape index (κ2) is 8.15. The minimum absolute atomic E-state index is 0.0521. The zero-order valence-electron chi connectivity index (χ0n) is 21.4. The number of pyridine rings is 1. The molecule has 4 saturated carbocycles. The summed E-state index contributed by atoms with van der Waals surface area (Å²) >= 11 is 0. The van der Waals surface area contributed by atoms with Gasteiger partial charge < -0.3 is 4.74 Å². The molecule has 5 heteroatoms. The van der Waals surface area contributed by atoms with Gasteiger partial charge in [0.05, 0.1) is 24.0 Å². The molecule has 5 nitrogen and oxygen atoms in total. The second-order valence-corrected chi connectivity index (χ2v) is 12.7. The number of hydrogen-bond donors (Lipinski definition) is 0. The van der Waals surface area contributed by atoms with Crippen LogP contribution in [0.25, 0.3) is 10.9 Å². The number of Topliss-reactive ketones (excluding diaryl/α,β-unsaturated/α-hetero) is 1. The van der Waals surface area contributed by atoms with E-state index in [0.717, 1.165) is 47.4 Å². The number of hydrogen-bond acceptors (Lipinski definition) is 4. The van der Waals surface area contributed by atoms with E-state index in [1.165, 1.54) is 38.5 Å². The molecule has 2 aromatic heterocycles. The summed E-state index contributed by atoms with van der Waals surface area (Å²) in [5, 5.41) is 5.57. The summed E-state index contributed by atoms with van der Waals surface area (Å²) in [6, 6.07) is 1.96. The van der Waals surface area contributed by atoms with Crippen LogP contribution in [0.5, 0.6) is 0 Å². The molecule has 0 radical (unpaired) electrons. The number of fused-ring (bicyclic) bond motifs is 6. The molecule has 2 aromatic rings. The monoisotopic (exact) mass is 463 g/mol. The summed E-state index contributed by atoms with van der Waals surface area (Å²) in [4.78, 5) is 18.1. The molecule has 9 atom stereocenters. The average molecular weight is 464 g/mol. The van der Waals surface area contributed by atoms with Gasteiger partial charge in [0.25, 0.3) is 0 Å². The van der Waals surface area contributed by atoms with Crippen molar-refractivity contribution in [3.63, 3.8) is 0 Å². The normalized spacial score (nSPS) is 43.8. The van der Waals surface area contributed by atoms with Gasteiger partial charge in [-0.15, -0.1) is 0 Å². The maximum Gasteiger partial charge on any atom is 0.158 e. The standard InChI is InChI=1S/C29H41N3O2/c1-18-9-11-28(2)20(13-18)5-6-21-22-7-8-23(29(22,3)27(34-4)14-24(21)28)26(33)17-32-25-16-30-12-10-19(25)15-31-32/h10,12,15-16,18,20-24,27H,5-9,11,13-14,17H2,1-4H3. The molecule has 6 rings (SSSR count). The van der Waals surface area contributed by atoms with Crippen LogP contribution >= 0.6 is 0 Å². The Morgan fingerprint density at radius 1 is 1.12 bits per heavy atom. The molecule has 0 amide bonds. The van der Waals surface area contributed by atoms with Crippen LogP contribution in [0.15, 0.2) is 24.7 Å². The predicted molar refractivity (Wildman–Crippen MR) is 133 cm³/mol. The first-order valence-electron chi connectivity index (χ1n) is 13.7. The number of carbonyl (C=O) groups is 1.